The molecule has 1 heterocycles. The quantitative estimate of drug-likeness (QED) is 0.730. The van der Waals surface area contributed by atoms with Gasteiger partial charge in [0, 0.05) is 0 Å². The number of ether oxygens (including phenoxy) is 2. The van der Waals surface area contributed by atoms with Crippen LogP contribution in [0.3, 0.4) is 0 Å². The molecule has 0 bridgehead atoms. The summed E-state index contributed by atoms with van der Waals surface area (Å²) in [6, 6.07) is 5.62. The molecule has 16 heavy (non-hydrogen) atoms. The van der Waals surface area contributed by atoms with Gasteiger partial charge in [-0.2, -0.15) is 0 Å². The maximum atomic E-state index is 11.5. The molecule has 2 aromatic rings. The number of methoxy groups -OCH3 is 2. The number of rotatable bonds is 2. The second-order valence-corrected chi connectivity index (χ2v) is 3.46. The highest BCUT2D eigenvalue weighted by molar-refractivity contribution is 5.98. The van der Waals surface area contributed by atoms with Gasteiger partial charge < -0.3 is 13.9 Å². The number of carbonyl (C=O) groups is 1. The molecule has 0 saturated heterocycles. The van der Waals surface area contributed by atoms with E-state index in [1.807, 2.05) is 19.1 Å². The summed E-state index contributed by atoms with van der Waals surface area (Å²) in [6.07, 6.45) is 0. The van der Waals surface area contributed by atoms with Crippen molar-refractivity contribution in [3.63, 3.8) is 0 Å². The van der Waals surface area contributed by atoms with Crippen molar-refractivity contribution in [2.75, 3.05) is 14.2 Å². The average molecular weight is 220 g/mol. The van der Waals surface area contributed by atoms with E-state index in [4.69, 9.17) is 9.15 Å². The minimum atomic E-state index is -0.536. The van der Waals surface area contributed by atoms with Gasteiger partial charge >= 0.3 is 5.97 Å². The Balaban J connectivity index is 2.71. The molecular formula is C12H12O4. The Bertz CT molecular complexity index is 539. The smallest absolute Gasteiger partial charge is 0.377 e. The lowest BCUT2D eigenvalue weighted by Crippen LogP contribution is -2.01. The Kier molecular flexibility index (Phi) is 2.56. The molecule has 0 aliphatic heterocycles. The van der Waals surface area contributed by atoms with Crippen LogP contribution in [0, 0.1) is 6.92 Å². The summed E-state index contributed by atoms with van der Waals surface area (Å²) in [5, 5.41) is 0.780. The van der Waals surface area contributed by atoms with E-state index in [2.05, 4.69) is 4.74 Å². The van der Waals surface area contributed by atoms with Crippen molar-refractivity contribution >= 4 is 16.9 Å². The van der Waals surface area contributed by atoms with Crippen molar-refractivity contribution in [2.45, 2.75) is 6.92 Å². The number of fused-ring (bicyclic) bond motifs is 1. The lowest BCUT2D eigenvalue weighted by Gasteiger charge is -1.99. The molecule has 0 aliphatic rings. The fourth-order valence-electron chi connectivity index (χ4n) is 1.62. The molecule has 0 fully saturated rings. The maximum absolute atomic E-state index is 11.5. The van der Waals surface area contributed by atoms with E-state index in [0.29, 0.717) is 11.3 Å². The zero-order valence-electron chi connectivity index (χ0n) is 9.37. The van der Waals surface area contributed by atoms with E-state index in [-0.39, 0.29) is 5.76 Å². The number of aryl methyl sites for hydroxylation is 1. The fraction of sp³-hybridized carbons (Fsp3) is 0.250. The second-order valence-electron chi connectivity index (χ2n) is 3.46. The lowest BCUT2D eigenvalue weighted by molar-refractivity contribution is 0.0563. The molecule has 2 rings (SSSR count). The second kappa shape index (κ2) is 3.89. The van der Waals surface area contributed by atoms with Gasteiger partial charge in [-0.05, 0) is 19.1 Å². The average Bonchev–Trinajstić information content (AvgIpc) is 2.65. The third kappa shape index (κ3) is 1.52. The molecule has 1 aromatic carbocycles. The summed E-state index contributed by atoms with van der Waals surface area (Å²) < 4.78 is 15.2. The van der Waals surface area contributed by atoms with Gasteiger partial charge in [0.1, 0.15) is 5.58 Å². The van der Waals surface area contributed by atoms with Gasteiger partial charge in [0.15, 0.2) is 5.75 Å². The number of benzene rings is 1. The van der Waals surface area contributed by atoms with Crippen molar-refractivity contribution < 1.29 is 18.7 Å². The molecule has 4 heteroatoms. The van der Waals surface area contributed by atoms with Crippen molar-refractivity contribution in [1.29, 1.82) is 0 Å². The van der Waals surface area contributed by atoms with Gasteiger partial charge in [-0.1, -0.05) is 11.6 Å². The Morgan fingerprint density at radius 2 is 2.06 bits per heavy atom. The molecule has 4 nitrogen and oxygen atoms in total. The number of hydrogen-bond acceptors (Lipinski definition) is 4. The number of furan rings is 1. The zero-order chi connectivity index (χ0) is 11.7. The van der Waals surface area contributed by atoms with Crippen molar-refractivity contribution in [2.24, 2.45) is 0 Å². The first-order valence-corrected chi connectivity index (χ1v) is 4.83. The van der Waals surface area contributed by atoms with Crippen LogP contribution < -0.4 is 4.74 Å². The van der Waals surface area contributed by atoms with Crippen LogP contribution in [0.2, 0.25) is 0 Å². The first-order valence-electron chi connectivity index (χ1n) is 4.83. The molecule has 0 spiro atoms. The molecule has 0 amide bonds. The highest BCUT2D eigenvalue weighted by atomic mass is 16.5. The van der Waals surface area contributed by atoms with Crippen molar-refractivity contribution in [3.05, 3.63) is 29.5 Å². The third-order valence-corrected chi connectivity index (χ3v) is 2.37. The normalized spacial score (nSPS) is 10.4. The van der Waals surface area contributed by atoms with E-state index in [1.165, 1.54) is 14.2 Å². The van der Waals surface area contributed by atoms with Crippen LogP contribution in [0.1, 0.15) is 16.1 Å². The predicted molar refractivity (Wildman–Crippen MR) is 58.8 cm³/mol. The zero-order valence-corrected chi connectivity index (χ0v) is 9.37. The molecule has 84 valence electrons. The van der Waals surface area contributed by atoms with E-state index in [9.17, 15) is 4.79 Å². The van der Waals surface area contributed by atoms with Gasteiger partial charge in [-0.25, -0.2) is 4.79 Å². The summed E-state index contributed by atoms with van der Waals surface area (Å²) in [4.78, 5) is 11.5. The van der Waals surface area contributed by atoms with Gasteiger partial charge in [0.05, 0.1) is 19.6 Å². The first kappa shape index (κ1) is 10.5. The molecule has 0 N–H and O–H groups in total. The van der Waals surface area contributed by atoms with Gasteiger partial charge in [-0.15, -0.1) is 0 Å². The Morgan fingerprint density at radius 1 is 1.31 bits per heavy atom. The minimum absolute atomic E-state index is 0.102. The van der Waals surface area contributed by atoms with Crippen LogP contribution in [0.5, 0.6) is 5.75 Å². The topological polar surface area (TPSA) is 48.7 Å². The lowest BCUT2D eigenvalue weighted by atomic mass is 10.1. The third-order valence-electron chi connectivity index (χ3n) is 2.37. The summed E-state index contributed by atoms with van der Waals surface area (Å²) in [5.41, 5.74) is 1.69. The summed E-state index contributed by atoms with van der Waals surface area (Å²) in [7, 11) is 2.80. The first-order chi connectivity index (χ1) is 7.67. The van der Waals surface area contributed by atoms with Gasteiger partial charge in [0.2, 0.25) is 0 Å². The van der Waals surface area contributed by atoms with E-state index in [0.717, 1.165) is 10.9 Å². The SMILES string of the molecule is COC(=O)c1oc2ccc(C)cc2c1OC. The maximum Gasteiger partial charge on any atom is 0.377 e. The Labute approximate surface area is 92.8 Å². The molecule has 0 aliphatic carbocycles. The van der Waals surface area contributed by atoms with E-state index in [1.54, 1.807) is 6.07 Å². The van der Waals surface area contributed by atoms with Gasteiger partial charge in [0.25, 0.3) is 5.76 Å². The Morgan fingerprint density at radius 3 is 2.69 bits per heavy atom. The standard InChI is InChI=1S/C12H12O4/c1-7-4-5-9-8(6-7)10(14-2)11(16-9)12(13)15-3/h4-6H,1-3H3. The Hall–Kier alpha value is -1.97. The van der Waals surface area contributed by atoms with E-state index < -0.39 is 5.97 Å². The van der Waals surface area contributed by atoms with Crippen molar-refractivity contribution in [3.8, 4) is 5.75 Å². The highest BCUT2D eigenvalue weighted by Gasteiger charge is 2.21. The van der Waals surface area contributed by atoms with Crippen LogP contribution >= 0.6 is 0 Å². The summed E-state index contributed by atoms with van der Waals surface area (Å²) >= 11 is 0. The number of carbonyl (C=O) groups excluding carboxylic acids is 1. The molecule has 0 atom stereocenters. The van der Waals surface area contributed by atoms with Crippen LogP contribution in [-0.4, -0.2) is 20.2 Å². The molecule has 1 aromatic heterocycles. The minimum Gasteiger partial charge on any atom is -0.492 e. The van der Waals surface area contributed by atoms with Crippen LogP contribution in [-0.2, 0) is 4.74 Å². The fourth-order valence-corrected chi connectivity index (χ4v) is 1.62. The van der Waals surface area contributed by atoms with Crippen molar-refractivity contribution in [1.82, 2.24) is 0 Å². The monoisotopic (exact) mass is 220 g/mol. The van der Waals surface area contributed by atoms with Gasteiger partial charge in [-0.3, -0.25) is 0 Å². The summed E-state index contributed by atoms with van der Waals surface area (Å²) in [6.45, 7) is 1.96. The largest absolute Gasteiger partial charge is 0.492 e. The molecule has 0 unspecified atom stereocenters. The number of hydrogen-bond donors (Lipinski definition) is 0. The van der Waals surface area contributed by atoms with E-state index >= 15 is 0 Å². The highest BCUT2D eigenvalue weighted by Crippen LogP contribution is 2.33. The molecular weight excluding hydrogens is 208 g/mol. The van der Waals surface area contributed by atoms with Crippen LogP contribution in [0.4, 0.5) is 0 Å². The molecule has 0 saturated carbocycles. The predicted octanol–water partition coefficient (Wildman–Crippen LogP) is 2.54. The van der Waals surface area contributed by atoms with Crippen LogP contribution in [0.25, 0.3) is 11.0 Å². The molecule has 0 radical (unpaired) electrons. The summed E-state index contributed by atoms with van der Waals surface area (Å²) in [5.74, 6) is -0.0122. The van der Waals surface area contributed by atoms with Crippen LogP contribution in [0.15, 0.2) is 22.6 Å². The number of esters is 1.